The van der Waals surface area contributed by atoms with E-state index < -0.39 is 5.97 Å². The third-order valence-electron chi connectivity index (χ3n) is 4.78. The van der Waals surface area contributed by atoms with E-state index in [9.17, 15) is 14.0 Å². The van der Waals surface area contributed by atoms with E-state index in [0.29, 0.717) is 22.9 Å². The van der Waals surface area contributed by atoms with Crippen molar-refractivity contribution in [3.8, 4) is 0 Å². The number of nitrogens with zero attached hydrogens (tertiary/aromatic N) is 2. The van der Waals surface area contributed by atoms with Gasteiger partial charge < -0.3 is 15.3 Å². The Morgan fingerprint density at radius 3 is 2.42 bits per heavy atom. The summed E-state index contributed by atoms with van der Waals surface area (Å²) in [6.07, 6.45) is 1.46. The normalized spacial score (nSPS) is 11.6. The molecule has 0 saturated heterocycles. The molecule has 0 aliphatic heterocycles. The highest BCUT2D eigenvalue weighted by Crippen LogP contribution is 2.23. The van der Waals surface area contributed by atoms with Crippen LogP contribution in [0.3, 0.4) is 0 Å². The molecule has 8 heteroatoms. The molecule has 1 heterocycles. The first-order valence-corrected chi connectivity index (χ1v) is 9.87. The van der Waals surface area contributed by atoms with Crippen LogP contribution in [0.1, 0.15) is 44.8 Å². The Hall–Kier alpha value is -3.45. The van der Waals surface area contributed by atoms with Crippen molar-refractivity contribution in [2.24, 2.45) is 0 Å². The van der Waals surface area contributed by atoms with Gasteiger partial charge in [0.05, 0.1) is 22.2 Å². The van der Waals surface area contributed by atoms with Gasteiger partial charge in [-0.25, -0.2) is 14.2 Å². The summed E-state index contributed by atoms with van der Waals surface area (Å²) in [5, 5.41) is 12.2. The molecular formula is C23H21ClFN3O3. The van der Waals surface area contributed by atoms with E-state index in [-0.39, 0.29) is 23.3 Å². The van der Waals surface area contributed by atoms with E-state index in [2.05, 4.69) is 10.3 Å². The number of rotatable bonds is 7. The molecule has 31 heavy (non-hydrogen) atoms. The molecule has 0 aliphatic rings. The Morgan fingerprint density at radius 2 is 1.81 bits per heavy atom. The van der Waals surface area contributed by atoms with E-state index in [1.54, 1.807) is 49.2 Å². The van der Waals surface area contributed by atoms with Gasteiger partial charge in [-0.1, -0.05) is 35.9 Å². The third-order valence-corrected chi connectivity index (χ3v) is 4.98. The molecule has 1 amide bonds. The zero-order valence-electron chi connectivity index (χ0n) is 17.0. The molecule has 0 spiro atoms. The van der Waals surface area contributed by atoms with Crippen LogP contribution in [-0.2, 0) is 6.54 Å². The lowest BCUT2D eigenvalue weighted by Gasteiger charge is -2.22. The van der Waals surface area contributed by atoms with Crippen LogP contribution in [0, 0.1) is 5.82 Å². The molecule has 0 saturated carbocycles. The minimum atomic E-state index is -1.01. The molecule has 2 N–H and O–H groups in total. The maximum Gasteiger partial charge on any atom is 0.335 e. The van der Waals surface area contributed by atoms with Crippen molar-refractivity contribution in [2.45, 2.75) is 19.5 Å². The highest BCUT2D eigenvalue weighted by Gasteiger charge is 2.19. The number of nitrogens with one attached hydrogen (secondary N) is 1. The number of carbonyl (C=O) groups is 2. The van der Waals surface area contributed by atoms with Crippen LogP contribution >= 0.6 is 11.6 Å². The monoisotopic (exact) mass is 441 g/mol. The molecule has 2 aromatic carbocycles. The highest BCUT2D eigenvalue weighted by atomic mass is 35.5. The van der Waals surface area contributed by atoms with Crippen LogP contribution in [-0.4, -0.2) is 29.0 Å². The average Bonchev–Trinajstić information content (AvgIpc) is 2.75. The maximum atomic E-state index is 13.2. The quantitative estimate of drug-likeness (QED) is 0.555. The second-order valence-corrected chi connectivity index (χ2v) is 7.57. The molecular weight excluding hydrogens is 421 g/mol. The number of pyridine rings is 1. The van der Waals surface area contributed by atoms with Gasteiger partial charge in [-0.3, -0.25) is 4.79 Å². The summed E-state index contributed by atoms with van der Waals surface area (Å²) < 4.78 is 13.2. The minimum Gasteiger partial charge on any atom is -0.478 e. The molecule has 3 aromatic rings. The Balaban J connectivity index is 1.79. The number of carboxylic acid groups (broad SMARTS) is 1. The second kappa shape index (κ2) is 9.57. The largest absolute Gasteiger partial charge is 0.478 e. The molecule has 6 nitrogen and oxygen atoms in total. The maximum absolute atomic E-state index is 13.2. The fraction of sp³-hybridized carbons (Fsp3) is 0.174. The van der Waals surface area contributed by atoms with E-state index in [1.165, 1.54) is 30.5 Å². The molecule has 3 rings (SSSR count). The van der Waals surface area contributed by atoms with E-state index in [1.807, 2.05) is 0 Å². The predicted molar refractivity (Wildman–Crippen MR) is 117 cm³/mol. The fourth-order valence-corrected chi connectivity index (χ4v) is 3.27. The van der Waals surface area contributed by atoms with Crippen molar-refractivity contribution in [1.29, 1.82) is 0 Å². The molecule has 160 valence electrons. The summed E-state index contributed by atoms with van der Waals surface area (Å²) in [6.45, 7) is 2.22. The molecule has 0 fully saturated rings. The molecule has 0 bridgehead atoms. The van der Waals surface area contributed by atoms with Crippen molar-refractivity contribution in [3.63, 3.8) is 0 Å². The molecule has 1 aromatic heterocycles. The van der Waals surface area contributed by atoms with Crippen LogP contribution in [0.25, 0.3) is 0 Å². The lowest BCUT2D eigenvalue weighted by Crippen LogP contribution is -2.29. The first-order valence-electron chi connectivity index (χ1n) is 9.50. The summed E-state index contributed by atoms with van der Waals surface area (Å²) >= 11 is 6.09. The lowest BCUT2D eigenvalue weighted by molar-refractivity contribution is 0.0696. The minimum absolute atomic E-state index is 0.172. The van der Waals surface area contributed by atoms with Crippen LogP contribution in [0.5, 0.6) is 0 Å². The number of hydrogen-bond acceptors (Lipinski definition) is 4. The first-order chi connectivity index (χ1) is 14.7. The van der Waals surface area contributed by atoms with Gasteiger partial charge in [0.15, 0.2) is 0 Å². The standard InChI is InChI=1S/C23H21ClFN3O3/c1-14(16-5-7-17(8-6-16)23(30)31)27-22(29)20-11-18(24)12-26-21(20)28(2)13-15-3-9-19(25)10-4-15/h3-12,14H,13H2,1-2H3,(H,27,29)(H,30,31). The van der Waals surface area contributed by atoms with Crippen LogP contribution < -0.4 is 10.2 Å². The van der Waals surface area contributed by atoms with Gasteiger partial charge in [-0.05, 0) is 48.4 Å². The van der Waals surface area contributed by atoms with Crippen molar-refractivity contribution in [1.82, 2.24) is 10.3 Å². The van der Waals surface area contributed by atoms with E-state index >= 15 is 0 Å². The summed E-state index contributed by atoms with van der Waals surface area (Å²) in [6, 6.07) is 13.6. The first kappa shape index (κ1) is 22.2. The van der Waals surface area contributed by atoms with Gasteiger partial charge in [0, 0.05) is 19.8 Å². The molecule has 1 unspecified atom stereocenters. The molecule has 0 radical (unpaired) electrons. The van der Waals surface area contributed by atoms with Crippen LogP contribution in [0.2, 0.25) is 5.02 Å². The Labute approximate surface area is 184 Å². The van der Waals surface area contributed by atoms with E-state index in [4.69, 9.17) is 16.7 Å². The smallest absolute Gasteiger partial charge is 0.335 e. The van der Waals surface area contributed by atoms with Crippen molar-refractivity contribution >= 4 is 29.3 Å². The number of halogens is 2. The van der Waals surface area contributed by atoms with Crippen LogP contribution in [0.4, 0.5) is 10.2 Å². The summed E-state index contributed by atoms with van der Waals surface area (Å²) in [7, 11) is 1.78. The number of aromatic nitrogens is 1. The van der Waals surface area contributed by atoms with Gasteiger partial charge in [0.25, 0.3) is 5.91 Å². The van der Waals surface area contributed by atoms with Gasteiger partial charge in [-0.15, -0.1) is 0 Å². The number of aromatic carboxylic acids is 1. The zero-order chi connectivity index (χ0) is 22.5. The van der Waals surface area contributed by atoms with Gasteiger partial charge in [0.1, 0.15) is 11.6 Å². The Morgan fingerprint density at radius 1 is 1.16 bits per heavy atom. The predicted octanol–water partition coefficient (Wildman–Crippen LogP) is 4.70. The zero-order valence-corrected chi connectivity index (χ0v) is 17.7. The number of carbonyl (C=O) groups excluding carboxylic acids is 1. The van der Waals surface area contributed by atoms with Gasteiger partial charge in [0.2, 0.25) is 0 Å². The summed E-state index contributed by atoms with van der Waals surface area (Å²) in [4.78, 5) is 30.1. The molecule has 0 aliphatic carbocycles. The number of anilines is 1. The van der Waals surface area contributed by atoms with E-state index in [0.717, 1.165) is 11.1 Å². The van der Waals surface area contributed by atoms with Crippen LogP contribution in [0.15, 0.2) is 60.8 Å². The van der Waals surface area contributed by atoms with Crippen molar-refractivity contribution in [2.75, 3.05) is 11.9 Å². The lowest BCUT2D eigenvalue weighted by atomic mass is 10.1. The number of amides is 1. The Kier molecular flexibility index (Phi) is 6.87. The summed E-state index contributed by atoms with van der Waals surface area (Å²) in [5.74, 6) is -1.27. The van der Waals surface area contributed by atoms with Gasteiger partial charge >= 0.3 is 5.97 Å². The topological polar surface area (TPSA) is 82.5 Å². The molecule has 1 atom stereocenters. The summed E-state index contributed by atoms with van der Waals surface area (Å²) in [5.41, 5.74) is 2.09. The average molecular weight is 442 g/mol. The number of benzene rings is 2. The second-order valence-electron chi connectivity index (χ2n) is 7.13. The van der Waals surface area contributed by atoms with Crippen molar-refractivity contribution < 1.29 is 19.1 Å². The third kappa shape index (κ3) is 5.58. The number of hydrogen-bond donors (Lipinski definition) is 2. The Bertz CT molecular complexity index is 1090. The fourth-order valence-electron chi connectivity index (χ4n) is 3.11. The highest BCUT2D eigenvalue weighted by molar-refractivity contribution is 6.31. The van der Waals surface area contributed by atoms with Gasteiger partial charge in [-0.2, -0.15) is 0 Å². The van der Waals surface area contributed by atoms with Crippen molar-refractivity contribution in [3.05, 3.63) is 93.9 Å². The SMILES string of the molecule is CC(NC(=O)c1cc(Cl)cnc1N(C)Cc1ccc(F)cc1)c1ccc(C(=O)O)cc1. The number of carboxylic acids is 1.